The third-order valence-electron chi connectivity index (χ3n) is 14.1. The van der Waals surface area contributed by atoms with Gasteiger partial charge in [-0.2, -0.15) is 0 Å². The van der Waals surface area contributed by atoms with Gasteiger partial charge in [-0.1, -0.05) is 259 Å². The SMILES string of the molecule is CCCCCCCCCCCCCCCCCC(=O)O[C@H](COC(=O)CCCCCCCCCCCCC)COP(=O)(O)OC[C@H](O)COP(=O)(O)OC[C@@H](COC(=O)CCCCCCCCC)OC(=O)CCCCCCCCC. The number of phosphoric ester groups is 2. The van der Waals surface area contributed by atoms with E-state index in [4.69, 9.17) is 37.0 Å². The third kappa shape index (κ3) is 55.3. The van der Waals surface area contributed by atoms with Gasteiger partial charge in [0.05, 0.1) is 26.4 Å². The zero-order valence-corrected chi connectivity index (χ0v) is 52.8. The second-order valence-electron chi connectivity index (χ2n) is 22.1. The summed E-state index contributed by atoms with van der Waals surface area (Å²) in [6.07, 6.45) is 40.5. The van der Waals surface area contributed by atoms with Crippen LogP contribution in [0.15, 0.2) is 0 Å². The van der Waals surface area contributed by atoms with Crippen LogP contribution in [0.4, 0.5) is 0 Å². The van der Waals surface area contributed by atoms with Crippen LogP contribution in [0.25, 0.3) is 0 Å². The normalized spacial score (nSPS) is 14.2. The molecule has 17 nitrogen and oxygen atoms in total. The summed E-state index contributed by atoms with van der Waals surface area (Å²) in [5.41, 5.74) is 0. The molecule has 0 rings (SSSR count). The number of phosphoric acid groups is 2. The molecule has 80 heavy (non-hydrogen) atoms. The van der Waals surface area contributed by atoms with E-state index in [0.29, 0.717) is 25.7 Å². The lowest BCUT2D eigenvalue weighted by Crippen LogP contribution is -2.30. The molecule has 3 N–H and O–H groups in total. The average Bonchev–Trinajstić information content (AvgIpc) is 3.43. The number of rotatable bonds is 62. The zero-order valence-electron chi connectivity index (χ0n) is 51.0. The van der Waals surface area contributed by atoms with E-state index < -0.39 is 97.5 Å². The Morgan fingerprint density at radius 2 is 0.500 bits per heavy atom. The molecule has 474 valence electrons. The minimum Gasteiger partial charge on any atom is -0.462 e. The van der Waals surface area contributed by atoms with Crippen LogP contribution in [0.2, 0.25) is 0 Å². The molecule has 0 fully saturated rings. The van der Waals surface area contributed by atoms with Gasteiger partial charge in [0, 0.05) is 25.7 Å². The highest BCUT2D eigenvalue weighted by Gasteiger charge is 2.30. The lowest BCUT2D eigenvalue weighted by molar-refractivity contribution is -0.161. The number of ether oxygens (including phenoxy) is 4. The van der Waals surface area contributed by atoms with E-state index >= 15 is 0 Å². The van der Waals surface area contributed by atoms with Crippen molar-refractivity contribution in [3.05, 3.63) is 0 Å². The van der Waals surface area contributed by atoms with Gasteiger partial charge >= 0.3 is 39.5 Å². The Bertz CT molecular complexity index is 1550. The van der Waals surface area contributed by atoms with E-state index in [9.17, 15) is 43.2 Å². The molecule has 5 atom stereocenters. The summed E-state index contributed by atoms with van der Waals surface area (Å²) in [7, 11) is -9.87. The van der Waals surface area contributed by atoms with Crippen LogP contribution in [0.1, 0.15) is 310 Å². The predicted octanol–water partition coefficient (Wildman–Crippen LogP) is 16.8. The molecule has 0 aliphatic heterocycles. The highest BCUT2D eigenvalue weighted by atomic mass is 31.2. The molecular formula is C61H118O17P2. The minimum absolute atomic E-state index is 0.104. The molecule has 0 aliphatic carbocycles. The second-order valence-corrected chi connectivity index (χ2v) is 25.0. The molecule has 0 radical (unpaired) electrons. The number of carbonyl (C=O) groups is 4. The van der Waals surface area contributed by atoms with Gasteiger partial charge in [0.1, 0.15) is 19.3 Å². The van der Waals surface area contributed by atoms with Crippen molar-refractivity contribution in [1.82, 2.24) is 0 Å². The van der Waals surface area contributed by atoms with E-state index in [2.05, 4.69) is 27.7 Å². The van der Waals surface area contributed by atoms with Crippen molar-refractivity contribution in [3.8, 4) is 0 Å². The summed E-state index contributed by atoms with van der Waals surface area (Å²) in [6, 6.07) is 0. The molecule has 0 aliphatic rings. The van der Waals surface area contributed by atoms with Gasteiger partial charge in [-0.05, 0) is 25.7 Å². The van der Waals surface area contributed by atoms with Crippen molar-refractivity contribution in [3.63, 3.8) is 0 Å². The standard InChI is InChI=1S/C61H118O17P2/c1-5-9-13-17-21-23-25-26-27-28-30-32-36-40-44-48-61(66)78-57(52-72-59(64)46-42-38-35-31-29-24-22-18-14-10-6-2)54-76-80(69,70)74-50-55(62)49-73-79(67,68)75-53-56(77-60(65)47-43-39-34-20-16-12-8-4)51-71-58(63)45-41-37-33-19-15-11-7-3/h55-57,62H,5-54H2,1-4H3,(H,67,68)(H,69,70)/t55-,56-,57-/m1/s1. The lowest BCUT2D eigenvalue weighted by atomic mass is 10.0. The number of hydrogen-bond donors (Lipinski definition) is 3. The first-order chi connectivity index (χ1) is 38.7. The van der Waals surface area contributed by atoms with Crippen molar-refractivity contribution in [2.45, 2.75) is 329 Å². The molecule has 2 unspecified atom stereocenters. The van der Waals surface area contributed by atoms with Gasteiger partial charge < -0.3 is 33.8 Å². The first-order valence-electron chi connectivity index (χ1n) is 32.3. The van der Waals surface area contributed by atoms with Crippen molar-refractivity contribution >= 4 is 39.5 Å². The fourth-order valence-electron chi connectivity index (χ4n) is 9.10. The van der Waals surface area contributed by atoms with Crippen molar-refractivity contribution < 1.29 is 80.2 Å². The highest BCUT2D eigenvalue weighted by Crippen LogP contribution is 2.45. The molecule has 19 heteroatoms. The molecule has 0 aromatic rings. The summed E-state index contributed by atoms with van der Waals surface area (Å²) in [5, 5.41) is 10.5. The predicted molar refractivity (Wildman–Crippen MR) is 317 cm³/mol. The molecule has 0 saturated heterocycles. The Morgan fingerprint density at radius 1 is 0.300 bits per heavy atom. The largest absolute Gasteiger partial charge is 0.472 e. The molecule has 0 heterocycles. The molecule has 0 bridgehead atoms. The summed E-state index contributed by atoms with van der Waals surface area (Å²) in [6.45, 7) is 4.79. The van der Waals surface area contributed by atoms with Gasteiger partial charge in [0.2, 0.25) is 0 Å². The molecule has 0 spiro atoms. The van der Waals surface area contributed by atoms with Gasteiger partial charge in [0.25, 0.3) is 0 Å². The van der Waals surface area contributed by atoms with Crippen molar-refractivity contribution in [1.29, 1.82) is 0 Å². The molecule has 0 aromatic carbocycles. The molecular weight excluding hydrogens is 1070 g/mol. The lowest BCUT2D eigenvalue weighted by Gasteiger charge is -2.21. The van der Waals surface area contributed by atoms with E-state index in [1.165, 1.54) is 116 Å². The van der Waals surface area contributed by atoms with Crippen LogP contribution in [-0.2, 0) is 65.4 Å². The van der Waals surface area contributed by atoms with Crippen molar-refractivity contribution in [2.75, 3.05) is 39.6 Å². The minimum atomic E-state index is -4.94. The highest BCUT2D eigenvalue weighted by molar-refractivity contribution is 7.47. The quantitative estimate of drug-likeness (QED) is 0.0222. The molecule has 0 aromatic heterocycles. The fourth-order valence-corrected chi connectivity index (χ4v) is 10.7. The van der Waals surface area contributed by atoms with E-state index in [1.54, 1.807) is 0 Å². The van der Waals surface area contributed by atoms with Crippen LogP contribution >= 0.6 is 15.6 Å². The number of unbranched alkanes of at least 4 members (excludes halogenated alkanes) is 36. The number of aliphatic hydroxyl groups excluding tert-OH is 1. The van der Waals surface area contributed by atoms with Gasteiger partial charge in [-0.25, -0.2) is 9.13 Å². The smallest absolute Gasteiger partial charge is 0.462 e. The van der Waals surface area contributed by atoms with Gasteiger partial charge in [0.15, 0.2) is 12.2 Å². The number of carbonyl (C=O) groups excluding carboxylic acids is 4. The Hall–Kier alpha value is -1.94. The number of hydrogen-bond acceptors (Lipinski definition) is 15. The van der Waals surface area contributed by atoms with Crippen molar-refractivity contribution in [2.24, 2.45) is 0 Å². The Kier molecular flexibility index (Phi) is 54.8. The average molecular weight is 1190 g/mol. The van der Waals surface area contributed by atoms with E-state index in [0.717, 1.165) is 116 Å². The maximum atomic E-state index is 12.9. The maximum absolute atomic E-state index is 12.9. The Labute approximate surface area is 486 Å². The fraction of sp³-hybridized carbons (Fsp3) is 0.934. The topological polar surface area (TPSA) is 237 Å². The second kappa shape index (κ2) is 56.2. The maximum Gasteiger partial charge on any atom is 0.472 e. The monoisotopic (exact) mass is 1180 g/mol. The summed E-state index contributed by atoms with van der Waals surface area (Å²) >= 11 is 0. The Balaban J connectivity index is 5.17. The summed E-state index contributed by atoms with van der Waals surface area (Å²) in [5.74, 6) is -2.14. The van der Waals surface area contributed by atoms with Gasteiger partial charge in [-0.15, -0.1) is 0 Å². The third-order valence-corrected chi connectivity index (χ3v) is 16.0. The summed E-state index contributed by atoms with van der Waals surface area (Å²) < 4.78 is 67.7. The van der Waals surface area contributed by atoms with Crippen LogP contribution in [0.3, 0.4) is 0 Å². The summed E-state index contributed by atoms with van der Waals surface area (Å²) in [4.78, 5) is 71.8. The van der Waals surface area contributed by atoms with Gasteiger partial charge in [-0.3, -0.25) is 37.3 Å². The molecule has 0 amide bonds. The van der Waals surface area contributed by atoms with E-state index in [1.807, 2.05) is 0 Å². The van der Waals surface area contributed by atoms with Crippen LogP contribution in [0, 0.1) is 0 Å². The number of esters is 4. The number of aliphatic hydroxyl groups is 1. The van der Waals surface area contributed by atoms with Crippen LogP contribution in [0.5, 0.6) is 0 Å². The molecule has 0 saturated carbocycles. The van der Waals surface area contributed by atoms with Crippen LogP contribution in [-0.4, -0.2) is 96.7 Å². The first-order valence-corrected chi connectivity index (χ1v) is 35.3. The Morgan fingerprint density at radius 3 is 0.738 bits per heavy atom. The van der Waals surface area contributed by atoms with Crippen LogP contribution < -0.4 is 0 Å². The first kappa shape index (κ1) is 78.1. The van der Waals surface area contributed by atoms with E-state index in [-0.39, 0.29) is 25.7 Å². The zero-order chi connectivity index (χ0) is 59.1.